The minimum atomic E-state index is -4.45. The quantitative estimate of drug-likeness (QED) is 0.215. The highest BCUT2D eigenvalue weighted by Crippen LogP contribution is 2.42. The van der Waals surface area contributed by atoms with Crippen LogP contribution in [0.1, 0.15) is 59.2 Å². The third-order valence-electron chi connectivity index (χ3n) is 7.67. The summed E-state index contributed by atoms with van der Waals surface area (Å²) in [7, 11) is 0. The van der Waals surface area contributed by atoms with Crippen molar-refractivity contribution in [3.63, 3.8) is 0 Å². The molecule has 2 aromatic carbocycles. The summed E-state index contributed by atoms with van der Waals surface area (Å²) in [6.07, 6.45) is -1.75. The Balaban J connectivity index is 1.48. The van der Waals surface area contributed by atoms with Gasteiger partial charge in [0, 0.05) is 41.9 Å². The molecular weight excluding hydrogens is 559 g/mol. The van der Waals surface area contributed by atoms with Crippen LogP contribution in [0.15, 0.2) is 79.0 Å². The number of anilines is 1. The number of pyridine rings is 1. The van der Waals surface area contributed by atoms with Gasteiger partial charge in [-0.05, 0) is 86.1 Å². The first kappa shape index (κ1) is 29.3. The SMILES string of the molecule is CCc1ccccc1NC(=O)CCN1C(=S)N[C@@H](c2ccccn2)[C@@H]1c1cc(C)n(-c2cccc(C(F)(F)F)c2)c1C. The third-order valence-corrected chi connectivity index (χ3v) is 8.02. The number of thiocarbonyl (C=S) groups is 1. The van der Waals surface area contributed by atoms with Gasteiger partial charge in [0.2, 0.25) is 5.91 Å². The molecule has 0 unspecified atom stereocenters. The van der Waals surface area contributed by atoms with Crippen molar-refractivity contribution >= 4 is 28.9 Å². The van der Waals surface area contributed by atoms with E-state index in [1.807, 2.05) is 78.8 Å². The molecule has 1 fully saturated rings. The Kier molecular flexibility index (Phi) is 8.36. The highest BCUT2D eigenvalue weighted by molar-refractivity contribution is 7.80. The first-order chi connectivity index (χ1) is 20.1. The summed E-state index contributed by atoms with van der Waals surface area (Å²) >= 11 is 5.77. The van der Waals surface area contributed by atoms with Crippen molar-refractivity contribution in [3.8, 4) is 5.69 Å². The maximum atomic E-state index is 13.5. The lowest BCUT2D eigenvalue weighted by molar-refractivity contribution is -0.137. The van der Waals surface area contributed by atoms with Crippen LogP contribution in [0.2, 0.25) is 0 Å². The standard InChI is InChI=1S/C32H32F3N5OS/c1-4-22-10-5-6-13-26(22)37-28(41)15-17-39-30(29(38-31(39)42)27-14-7-8-16-36-27)25-18-20(2)40(21(25)3)24-12-9-11-23(19-24)32(33,34)35/h5-14,16,18-19,29-30H,4,15,17H2,1-3H3,(H,37,41)(H,38,42)/t29-,30-/m0/s1. The van der Waals surface area contributed by atoms with E-state index in [1.165, 1.54) is 6.07 Å². The molecule has 0 saturated carbocycles. The van der Waals surface area contributed by atoms with Crippen molar-refractivity contribution in [2.45, 2.75) is 51.9 Å². The lowest BCUT2D eigenvalue weighted by Crippen LogP contribution is -2.33. The van der Waals surface area contributed by atoms with Crippen LogP contribution in [0.5, 0.6) is 0 Å². The highest BCUT2D eigenvalue weighted by Gasteiger charge is 2.41. The van der Waals surface area contributed by atoms with E-state index < -0.39 is 11.7 Å². The summed E-state index contributed by atoms with van der Waals surface area (Å²) in [6, 6.07) is 20.0. The fourth-order valence-electron chi connectivity index (χ4n) is 5.68. The largest absolute Gasteiger partial charge is 0.416 e. The Morgan fingerprint density at radius 3 is 2.52 bits per heavy atom. The average Bonchev–Trinajstić information content (AvgIpc) is 3.46. The van der Waals surface area contributed by atoms with Gasteiger partial charge in [0.1, 0.15) is 0 Å². The Labute approximate surface area is 248 Å². The number of nitrogens with zero attached hydrogens (tertiary/aromatic N) is 3. The molecule has 0 aliphatic carbocycles. The van der Waals surface area contributed by atoms with Crippen molar-refractivity contribution in [1.82, 2.24) is 19.8 Å². The number of hydrogen-bond acceptors (Lipinski definition) is 3. The smallest absolute Gasteiger partial charge is 0.352 e. The Bertz CT molecular complexity index is 1600. The molecule has 2 aromatic heterocycles. The minimum absolute atomic E-state index is 0.131. The number of aromatic nitrogens is 2. The zero-order chi connectivity index (χ0) is 30.0. The molecule has 4 aromatic rings. The zero-order valence-corrected chi connectivity index (χ0v) is 24.4. The molecule has 6 nitrogen and oxygen atoms in total. The summed E-state index contributed by atoms with van der Waals surface area (Å²) in [5.74, 6) is -0.131. The Morgan fingerprint density at radius 2 is 1.81 bits per heavy atom. The van der Waals surface area contributed by atoms with Crippen molar-refractivity contribution in [2.24, 2.45) is 0 Å². The van der Waals surface area contributed by atoms with E-state index in [0.717, 1.165) is 52.4 Å². The van der Waals surface area contributed by atoms with Gasteiger partial charge in [0.25, 0.3) is 0 Å². The zero-order valence-electron chi connectivity index (χ0n) is 23.6. The van der Waals surface area contributed by atoms with Crippen LogP contribution in [-0.2, 0) is 17.4 Å². The number of carbonyl (C=O) groups is 1. The molecule has 3 heterocycles. The minimum Gasteiger partial charge on any atom is -0.352 e. The lowest BCUT2D eigenvalue weighted by atomic mass is 9.96. The number of rotatable bonds is 8. The van der Waals surface area contributed by atoms with E-state index >= 15 is 0 Å². The molecule has 10 heteroatoms. The predicted molar refractivity (Wildman–Crippen MR) is 161 cm³/mol. The molecule has 1 aliphatic rings. The molecule has 1 amide bonds. The van der Waals surface area contributed by atoms with E-state index in [-0.39, 0.29) is 24.4 Å². The van der Waals surface area contributed by atoms with E-state index in [1.54, 1.807) is 12.3 Å². The van der Waals surface area contributed by atoms with Gasteiger partial charge in [-0.1, -0.05) is 37.3 Å². The molecule has 1 aliphatic heterocycles. The molecule has 1 saturated heterocycles. The maximum absolute atomic E-state index is 13.5. The second-order valence-corrected chi connectivity index (χ2v) is 10.7. The average molecular weight is 592 g/mol. The second kappa shape index (κ2) is 12.0. The number of carbonyl (C=O) groups excluding carboxylic acids is 1. The van der Waals surface area contributed by atoms with Gasteiger partial charge >= 0.3 is 6.18 Å². The monoisotopic (exact) mass is 591 g/mol. The molecule has 218 valence electrons. The number of amides is 1. The van der Waals surface area contributed by atoms with E-state index in [4.69, 9.17) is 12.2 Å². The molecular formula is C32H32F3N5OS. The molecule has 0 bridgehead atoms. The summed E-state index contributed by atoms with van der Waals surface area (Å²) < 4.78 is 42.4. The predicted octanol–water partition coefficient (Wildman–Crippen LogP) is 7.07. The molecule has 42 heavy (non-hydrogen) atoms. The number of hydrogen-bond donors (Lipinski definition) is 2. The molecule has 2 atom stereocenters. The summed E-state index contributed by atoms with van der Waals surface area (Å²) in [5, 5.41) is 6.90. The maximum Gasteiger partial charge on any atom is 0.416 e. The van der Waals surface area contributed by atoms with Gasteiger partial charge in [-0.15, -0.1) is 0 Å². The van der Waals surface area contributed by atoms with Gasteiger partial charge in [-0.25, -0.2) is 0 Å². The Morgan fingerprint density at radius 1 is 1.05 bits per heavy atom. The summed E-state index contributed by atoms with van der Waals surface area (Å²) in [6.45, 7) is 6.15. The first-order valence-electron chi connectivity index (χ1n) is 13.8. The number of aryl methyl sites for hydroxylation is 2. The van der Waals surface area contributed by atoms with Crippen molar-refractivity contribution in [3.05, 3.63) is 113 Å². The molecule has 2 N–H and O–H groups in total. The fourth-order valence-corrected chi connectivity index (χ4v) is 6.01. The van der Waals surface area contributed by atoms with Crippen LogP contribution in [0.4, 0.5) is 18.9 Å². The topological polar surface area (TPSA) is 62.2 Å². The first-order valence-corrected chi connectivity index (χ1v) is 14.2. The van der Waals surface area contributed by atoms with Crippen LogP contribution >= 0.6 is 12.2 Å². The lowest BCUT2D eigenvalue weighted by Gasteiger charge is -2.28. The second-order valence-electron chi connectivity index (χ2n) is 10.3. The van der Waals surface area contributed by atoms with Gasteiger partial charge in [0.05, 0.1) is 23.3 Å². The summed E-state index contributed by atoms with van der Waals surface area (Å²) in [4.78, 5) is 19.6. The number of halogens is 3. The van der Waals surface area contributed by atoms with Crippen LogP contribution in [0, 0.1) is 13.8 Å². The van der Waals surface area contributed by atoms with Crippen molar-refractivity contribution in [2.75, 3.05) is 11.9 Å². The van der Waals surface area contributed by atoms with E-state index in [9.17, 15) is 18.0 Å². The third kappa shape index (κ3) is 5.90. The molecule has 0 spiro atoms. The van der Waals surface area contributed by atoms with Crippen molar-refractivity contribution < 1.29 is 18.0 Å². The number of para-hydroxylation sites is 1. The normalized spacial score (nSPS) is 16.9. The Hall–Kier alpha value is -4.18. The van der Waals surface area contributed by atoms with Gasteiger partial charge in [-0.3, -0.25) is 9.78 Å². The van der Waals surface area contributed by atoms with Crippen LogP contribution in [0.25, 0.3) is 5.69 Å². The van der Waals surface area contributed by atoms with Gasteiger partial charge < -0.3 is 20.1 Å². The van der Waals surface area contributed by atoms with Gasteiger partial charge in [-0.2, -0.15) is 13.2 Å². The van der Waals surface area contributed by atoms with Crippen LogP contribution in [0.3, 0.4) is 0 Å². The summed E-state index contributed by atoms with van der Waals surface area (Å²) in [5.41, 5.74) is 4.81. The number of nitrogens with one attached hydrogen (secondary N) is 2. The van der Waals surface area contributed by atoms with Crippen LogP contribution < -0.4 is 10.6 Å². The number of benzene rings is 2. The number of alkyl halides is 3. The van der Waals surface area contributed by atoms with E-state index in [2.05, 4.69) is 15.6 Å². The van der Waals surface area contributed by atoms with Crippen molar-refractivity contribution in [1.29, 1.82) is 0 Å². The molecule has 5 rings (SSSR count). The molecule has 0 radical (unpaired) electrons. The highest BCUT2D eigenvalue weighted by atomic mass is 32.1. The van der Waals surface area contributed by atoms with E-state index in [0.29, 0.717) is 17.3 Å². The fraction of sp³-hybridized carbons (Fsp3) is 0.281. The van der Waals surface area contributed by atoms with Crippen LogP contribution in [-0.4, -0.2) is 32.0 Å². The van der Waals surface area contributed by atoms with Gasteiger partial charge in [0.15, 0.2) is 5.11 Å².